The molecule has 1 N–H and O–H groups in total. The van der Waals surface area contributed by atoms with Crippen molar-refractivity contribution >= 4 is 22.8 Å². The number of nitrogens with zero attached hydrogens (tertiary/aromatic N) is 4. The molecular weight excluding hydrogens is 426 g/mol. The fraction of sp³-hybridized carbons (Fsp3) is 0.259. The molecule has 0 saturated heterocycles. The Labute approximate surface area is 199 Å². The van der Waals surface area contributed by atoms with Gasteiger partial charge in [-0.1, -0.05) is 48.5 Å². The lowest BCUT2D eigenvalue weighted by Gasteiger charge is -2.28. The number of carbonyl (C=O) groups is 2. The molecule has 2 amide bonds. The van der Waals surface area contributed by atoms with Crippen molar-refractivity contribution in [2.24, 2.45) is 0 Å². The van der Waals surface area contributed by atoms with Crippen LogP contribution in [0, 0.1) is 0 Å². The minimum Gasteiger partial charge on any atom is -0.341 e. The van der Waals surface area contributed by atoms with Crippen LogP contribution in [0.5, 0.6) is 0 Å². The molecule has 0 aliphatic heterocycles. The van der Waals surface area contributed by atoms with Gasteiger partial charge in [0.1, 0.15) is 18.1 Å². The molecule has 7 heteroatoms. The Morgan fingerprint density at radius 2 is 1.65 bits per heavy atom. The van der Waals surface area contributed by atoms with Crippen molar-refractivity contribution < 1.29 is 9.59 Å². The normalized spacial score (nSPS) is 12.0. The van der Waals surface area contributed by atoms with Crippen LogP contribution in [0.1, 0.15) is 48.7 Å². The molecule has 0 fully saturated rings. The van der Waals surface area contributed by atoms with Crippen LogP contribution in [0.15, 0.2) is 79.0 Å². The maximum atomic E-state index is 13.5. The number of benzene rings is 2. The van der Waals surface area contributed by atoms with Crippen LogP contribution in [0.2, 0.25) is 0 Å². The van der Waals surface area contributed by atoms with Crippen LogP contribution >= 0.6 is 0 Å². The Kier molecular flexibility index (Phi) is 7.01. The molecule has 0 bridgehead atoms. The quantitative estimate of drug-likeness (QED) is 0.428. The molecule has 4 aromatic rings. The highest BCUT2D eigenvalue weighted by molar-refractivity contribution is 5.92. The van der Waals surface area contributed by atoms with E-state index < -0.39 is 6.04 Å². The third kappa shape index (κ3) is 5.14. The molecule has 34 heavy (non-hydrogen) atoms. The van der Waals surface area contributed by atoms with Gasteiger partial charge in [-0.15, -0.1) is 0 Å². The number of hydrogen-bond acceptors (Lipinski definition) is 4. The molecular formula is C27H29N5O2. The fourth-order valence-corrected chi connectivity index (χ4v) is 3.99. The van der Waals surface area contributed by atoms with Gasteiger partial charge in [0.2, 0.25) is 5.91 Å². The van der Waals surface area contributed by atoms with E-state index >= 15 is 0 Å². The molecule has 0 aliphatic carbocycles. The van der Waals surface area contributed by atoms with E-state index in [1.54, 1.807) is 24.4 Å². The minimum absolute atomic E-state index is 0.00786. The van der Waals surface area contributed by atoms with Crippen LogP contribution in [0.3, 0.4) is 0 Å². The highest BCUT2D eigenvalue weighted by atomic mass is 16.2. The Morgan fingerprint density at radius 3 is 2.35 bits per heavy atom. The second kappa shape index (κ2) is 10.3. The molecule has 2 aromatic carbocycles. The van der Waals surface area contributed by atoms with Crippen LogP contribution in [0.4, 0.5) is 0 Å². The molecule has 1 unspecified atom stereocenters. The van der Waals surface area contributed by atoms with Crippen LogP contribution in [0.25, 0.3) is 11.0 Å². The van der Waals surface area contributed by atoms with E-state index in [4.69, 9.17) is 4.98 Å². The first-order chi connectivity index (χ1) is 16.4. The van der Waals surface area contributed by atoms with Crippen LogP contribution < -0.4 is 5.32 Å². The fourth-order valence-electron chi connectivity index (χ4n) is 3.99. The molecule has 174 valence electrons. The summed E-state index contributed by atoms with van der Waals surface area (Å²) in [5, 5.41) is 2.97. The summed E-state index contributed by atoms with van der Waals surface area (Å²) in [6, 6.07) is 22.5. The van der Waals surface area contributed by atoms with Gasteiger partial charge in [-0.25, -0.2) is 4.98 Å². The van der Waals surface area contributed by atoms with Gasteiger partial charge < -0.3 is 14.8 Å². The number of pyridine rings is 1. The van der Waals surface area contributed by atoms with E-state index in [9.17, 15) is 9.59 Å². The number of nitrogens with one attached hydrogen (secondary N) is 1. The molecule has 0 spiro atoms. The van der Waals surface area contributed by atoms with E-state index in [0.717, 1.165) is 16.6 Å². The molecule has 0 radical (unpaired) electrons. The lowest BCUT2D eigenvalue weighted by molar-refractivity contribution is -0.134. The third-order valence-corrected chi connectivity index (χ3v) is 5.75. The minimum atomic E-state index is -0.420. The lowest BCUT2D eigenvalue weighted by Crippen LogP contribution is -2.39. The summed E-state index contributed by atoms with van der Waals surface area (Å²) in [4.78, 5) is 36.9. The Balaban J connectivity index is 1.61. The van der Waals surface area contributed by atoms with Crippen molar-refractivity contribution in [3.05, 3.63) is 96.1 Å². The van der Waals surface area contributed by atoms with Crippen molar-refractivity contribution in [3.8, 4) is 0 Å². The van der Waals surface area contributed by atoms with E-state index in [2.05, 4.69) is 10.3 Å². The molecule has 2 aromatic heterocycles. The number of rotatable bonds is 8. The maximum Gasteiger partial charge on any atom is 0.270 e. The van der Waals surface area contributed by atoms with Gasteiger partial charge in [0.25, 0.3) is 5.91 Å². The topological polar surface area (TPSA) is 80.1 Å². The van der Waals surface area contributed by atoms with E-state index in [0.29, 0.717) is 18.1 Å². The van der Waals surface area contributed by atoms with Gasteiger partial charge >= 0.3 is 0 Å². The summed E-state index contributed by atoms with van der Waals surface area (Å²) in [6.07, 6.45) is 1.58. The number of imidazole rings is 1. The number of para-hydroxylation sites is 2. The third-order valence-electron chi connectivity index (χ3n) is 5.75. The van der Waals surface area contributed by atoms with E-state index in [-0.39, 0.29) is 24.4 Å². The van der Waals surface area contributed by atoms with Crippen molar-refractivity contribution in [2.75, 3.05) is 0 Å². The number of amides is 2. The standard InChI is InChI=1S/C27H29N5O2/c1-19(2)31(17-21-11-5-4-6-12-21)25(33)18-32-24-15-8-7-13-22(24)30-26(32)20(3)29-27(34)23-14-9-10-16-28-23/h4-16,19-20H,17-18H2,1-3H3,(H,29,34). The Bertz CT molecular complexity index is 1270. The van der Waals surface area contributed by atoms with Crippen LogP contribution in [-0.2, 0) is 17.9 Å². The summed E-state index contributed by atoms with van der Waals surface area (Å²) in [5.41, 5.74) is 3.05. The summed E-state index contributed by atoms with van der Waals surface area (Å²) in [6.45, 7) is 6.57. The monoisotopic (exact) mass is 455 g/mol. The molecule has 2 heterocycles. The predicted molar refractivity (Wildman–Crippen MR) is 132 cm³/mol. The van der Waals surface area contributed by atoms with Crippen molar-refractivity contribution in [3.63, 3.8) is 0 Å². The van der Waals surface area contributed by atoms with Gasteiger partial charge in [-0.05, 0) is 50.6 Å². The molecule has 1 atom stereocenters. The number of fused-ring (bicyclic) bond motifs is 1. The zero-order valence-electron chi connectivity index (χ0n) is 19.7. The van der Waals surface area contributed by atoms with Gasteiger partial charge in [-0.2, -0.15) is 0 Å². The van der Waals surface area contributed by atoms with Crippen molar-refractivity contribution in [1.29, 1.82) is 0 Å². The molecule has 7 nitrogen and oxygen atoms in total. The zero-order valence-corrected chi connectivity index (χ0v) is 19.7. The first-order valence-electron chi connectivity index (χ1n) is 11.4. The first kappa shape index (κ1) is 23.2. The molecule has 0 aliphatic rings. The average Bonchev–Trinajstić information content (AvgIpc) is 3.22. The van der Waals surface area contributed by atoms with Gasteiger partial charge in [0.15, 0.2) is 0 Å². The van der Waals surface area contributed by atoms with Crippen molar-refractivity contribution in [1.82, 2.24) is 24.8 Å². The summed E-state index contributed by atoms with van der Waals surface area (Å²) >= 11 is 0. The maximum absolute atomic E-state index is 13.5. The summed E-state index contributed by atoms with van der Waals surface area (Å²) < 4.78 is 1.90. The first-order valence-corrected chi connectivity index (χ1v) is 11.4. The highest BCUT2D eigenvalue weighted by Crippen LogP contribution is 2.22. The second-order valence-electron chi connectivity index (χ2n) is 8.56. The van der Waals surface area contributed by atoms with Gasteiger partial charge in [0.05, 0.1) is 17.1 Å². The zero-order chi connectivity index (χ0) is 24.1. The van der Waals surface area contributed by atoms with Gasteiger partial charge in [-0.3, -0.25) is 14.6 Å². The molecule has 0 saturated carbocycles. The lowest BCUT2D eigenvalue weighted by atomic mass is 10.2. The Morgan fingerprint density at radius 1 is 0.941 bits per heavy atom. The number of aromatic nitrogens is 3. The van der Waals surface area contributed by atoms with E-state index in [1.165, 1.54) is 0 Å². The van der Waals surface area contributed by atoms with Crippen molar-refractivity contribution in [2.45, 2.75) is 45.9 Å². The highest BCUT2D eigenvalue weighted by Gasteiger charge is 2.24. The van der Waals surface area contributed by atoms with Crippen LogP contribution in [-0.4, -0.2) is 37.3 Å². The smallest absolute Gasteiger partial charge is 0.270 e. The summed E-state index contributed by atoms with van der Waals surface area (Å²) in [7, 11) is 0. The number of hydrogen-bond donors (Lipinski definition) is 1. The SMILES string of the molecule is CC(NC(=O)c1ccccn1)c1nc2ccccc2n1CC(=O)N(Cc1ccccc1)C(C)C. The summed E-state index contributed by atoms with van der Waals surface area (Å²) in [5.74, 6) is 0.333. The largest absolute Gasteiger partial charge is 0.341 e. The Hall–Kier alpha value is -4.00. The molecule has 4 rings (SSSR count). The second-order valence-corrected chi connectivity index (χ2v) is 8.56. The van der Waals surface area contributed by atoms with Gasteiger partial charge in [0, 0.05) is 18.8 Å². The average molecular weight is 456 g/mol. The van der Waals surface area contributed by atoms with E-state index in [1.807, 2.05) is 84.8 Å². The number of carbonyl (C=O) groups excluding carboxylic acids is 2. The predicted octanol–water partition coefficient (Wildman–Crippen LogP) is 4.36.